The molecule has 1 aliphatic rings. The van der Waals surface area contributed by atoms with Crippen LogP contribution in [0.15, 0.2) is 63.3 Å². The molecule has 3 heterocycles. The van der Waals surface area contributed by atoms with Crippen molar-refractivity contribution in [3.8, 4) is 11.3 Å². The number of benzene rings is 1. The van der Waals surface area contributed by atoms with Crippen molar-refractivity contribution in [2.75, 3.05) is 12.3 Å². The van der Waals surface area contributed by atoms with Crippen LogP contribution in [0.5, 0.6) is 0 Å². The molecule has 2 atom stereocenters. The highest BCUT2D eigenvalue weighted by Crippen LogP contribution is 2.33. The summed E-state index contributed by atoms with van der Waals surface area (Å²) in [5, 5.41) is 4.16. The molecule has 0 radical (unpaired) electrons. The summed E-state index contributed by atoms with van der Waals surface area (Å²) < 4.78 is 5.48. The van der Waals surface area contributed by atoms with E-state index in [0.717, 1.165) is 29.1 Å². The van der Waals surface area contributed by atoms with Gasteiger partial charge in [0.2, 0.25) is 0 Å². The fraction of sp³-hybridized carbons (Fsp3) is 0.261. The quantitative estimate of drug-likeness (QED) is 0.167. The van der Waals surface area contributed by atoms with Crippen LogP contribution >= 0.6 is 46.0 Å². The van der Waals surface area contributed by atoms with Crippen LogP contribution in [0.1, 0.15) is 29.6 Å². The molecule has 9 heteroatoms. The third kappa shape index (κ3) is 5.65. The first-order chi connectivity index (χ1) is 15.5. The summed E-state index contributed by atoms with van der Waals surface area (Å²) in [7, 11) is 0. The van der Waals surface area contributed by atoms with Crippen LogP contribution in [0.2, 0.25) is 5.02 Å². The number of furan rings is 1. The monoisotopic (exact) mass is 579 g/mol. The molecule has 166 valence electrons. The van der Waals surface area contributed by atoms with Crippen molar-refractivity contribution >= 4 is 63.8 Å². The Balaban J connectivity index is 1.52. The van der Waals surface area contributed by atoms with Gasteiger partial charge in [-0.05, 0) is 58.7 Å². The van der Waals surface area contributed by atoms with Crippen molar-refractivity contribution in [3.63, 3.8) is 0 Å². The predicted octanol–water partition coefficient (Wildman–Crippen LogP) is 5.73. The minimum atomic E-state index is -0.234. The van der Waals surface area contributed by atoms with Gasteiger partial charge in [0.1, 0.15) is 0 Å². The maximum absolute atomic E-state index is 12.0. The van der Waals surface area contributed by atoms with Crippen molar-refractivity contribution in [2.24, 2.45) is 10.9 Å². The lowest BCUT2D eigenvalue weighted by Crippen LogP contribution is -2.25. The molecule has 3 aromatic rings. The molecule has 6 nitrogen and oxygen atoms in total. The maximum atomic E-state index is 12.0. The van der Waals surface area contributed by atoms with E-state index >= 15 is 0 Å². The van der Waals surface area contributed by atoms with E-state index in [1.807, 2.05) is 30.5 Å². The summed E-state index contributed by atoms with van der Waals surface area (Å²) in [6.07, 6.45) is 6.53. The highest BCUT2D eigenvalue weighted by Gasteiger charge is 2.16. The predicted molar refractivity (Wildman–Crippen MR) is 138 cm³/mol. The SMILES string of the molecule is CC1CC=C(c2nc(SCCNC(=O)c3ccco3)[n-]c2-c2ccc(Cl)cc2)N=CC1I. The van der Waals surface area contributed by atoms with Crippen LogP contribution in [0.3, 0.4) is 0 Å². The number of carbonyl (C=O) groups excluding carboxylic acids is 1. The van der Waals surface area contributed by atoms with Gasteiger partial charge in [-0.25, -0.2) is 0 Å². The van der Waals surface area contributed by atoms with Crippen LogP contribution in [0.25, 0.3) is 17.0 Å². The second-order valence-corrected chi connectivity index (χ2v) is 10.3. The van der Waals surface area contributed by atoms with Gasteiger partial charge in [0.05, 0.1) is 12.0 Å². The minimum absolute atomic E-state index is 0.234. The van der Waals surface area contributed by atoms with Gasteiger partial charge in [-0.15, -0.1) is 11.8 Å². The number of aromatic nitrogens is 2. The largest absolute Gasteiger partial charge is 0.459 e. The van der Waals surface area contributed by atoms with Gasteiger partial charge in [0, 0.05) is 27.5 Å². The van der Waals surface area contributed by atoms with Gasteiger partial charge in [-0.3, -0.25) is 9.79 Å². The summed E-state index contributed by atoms with van der Waals surface area (Å²) in [6, 6.07) is 10.9. The van der Waals surface area contributed by atoms with Gasteiger partial charge >= 0.3 is 0 Å². The number of aliphatic imine (C=N–C) groups is 1. The molecule has 0 fully saturated rings. The third-order valence-electron chi connectivity index (χ3n) is 4.95. The zero-order valence-electron chi connectivity index (χ0n) is 17.3. The van der Waals surface area contributed by atoms with E-state index < -0.39 is 0 Å². The van der Waals surface area contributed by atoms with Gasteiger partial charge < -0.3 is 19.7 Å². The molecule has 0 aliphatic carbocycles. The second-order valence-electron chi connectivity index (χ2n) is 7.32. The normalized spacial score (nSPS) is 18.3. The number of rotatable bonds is 7. The van der Waals surface area contributed by atoms with E-state index in [1.165, 1.54) is 18.0 Å². The lowest BCUT2D eigenvalue weighted by molar-refractivity contribution is 0.0928. The van der Waals surface area contributed by atoms with Crippen LogP contribution in [0, 0.1) is 5.92 Å². The smallest absolute Gasteiger partial charge is 0.287 e. The van der Waals surface area contributed by atoms with E-state index in [0.29, 0.717) is 38.1 Å². The minimum Gasteiger partial charge on any atom is -0.459 e. The second kappa shape index (κ2) is 10.7. The van der Waals surface area contributed by atoms with Gasteiger partial charge in [-0.1, -0.05) is 59.3 Å². The Labute approximate surface area is 209 Å². The number of carbonyl (C=O) groups is 1. The molecule has 1 amide bonds. The van der Waals surface area contributed by atoms with Gasteiger partial charge in [-0.2, -0.15) is 0 Å². The molecule has 0 saturated heterocycles. The van der Waals surface area contributed by atoms with Crippen LogP contribution in [0.4, 0.5) is 0 Å². The summed E-state index contributed by atoms with van der Waals surface area (Å²) in [6.45, 7) is 2.69. The number of imidazole rings is 1. The number of nitrogens with one attached hydrogen (secondary N) is 1. The topological polar surface area (TPSA) is 81.6 Å². The van der Waals surface area contributed by atoms with E-state index in [4.69, 9.17) is 31.0 Å². The first-order valence-electron chi connectivity index (χ1n) is 10.1. The molecular weight excluding hydrogens is 559 g/mol. The number of halogens is 2. The molecule has 0 saturated carbocycles. The Hall–Kier alpha value is -2.04. The third-order valence-corrected chi connectivity index (χ3v) is 7.60. The number of alkyl halides is 1. The van der Waals surface area contributed by atoms with Crippen LogP contribution in [-0.4, -0.2) is 33.3 Å². The number of nitrogens with zero attached hydrogens (tertiary/aromatic N) is 3. The van der Waals surface area contributed by atoms with Crippen molar-refractivity contribution in [2.45, 2.75) is 22.4 Å². The van der Waals surface area contributed by atoms with E-state index in [9.17, 15) is 4.79 Å². The van der Waals surface area contributed by atoms with Crippen LogP contribution < -0.4 is 10.3 Å². The lowest BCUT2D eigenvalue weighted by atomic mass is 10.0. The molecule has 32 heavy (non-hydrogen) atoms. The Kier molecular flexibility index (Phi) is 7.75. The molecule has 1 aliphatic heterocycles. The van der Waals surface area contributed by atoms with Crippen molar-refractivity contribution in [3.05, 3.63) is 65.2 Å². The first-order valence-corrected chi connectivity index (χ1v) is 12.8. The Morgan fingerprint density at radius 1 is 1.34 bits per heavy atom. The standard InChI is InChI=1S/C23H22ClIN4O2S/c1-14-4-9-18(27-13-17(14)25)21-20(15-5-7-16(24)8-6-15)28-23(29-21)32-12-10-26-22(30)19-3-2-11-31-19/h2-3,5-9,11,13-14,17H,4,10,12H2,1H3,(H2,26,28,29,30)/p-1. The average molecular weight is 580 g/mol. The molecule has 2 unspecified atom stereocenters. The summed E-state index contributed by atoms with van der Waals surface area (Å²) >= 11 is 9.98. The number of hydrogen-bond acceptors (Lipinski definition) is 5. The lowest BCUT2D eigenvalue weighted by Gasteiger charge is -2.09. The number of allylic oxidation sites excluding steroid dienone is 1. The maximum Gasteiger partial charge on any atom is 0.287 e. The fourth-order valence-corrected chi connectivity index (χ4v) is 4.39. The van der Waals surface area contributed by atoms with Crippen molar-refractivity contribution in [1.29, 1.82) is 0 Å². The zero-order valence-corrected chi connectivity index (χ0v) is 21.0. The molecule has 1 aromatic carbocycles. The summed E-state index contributed by atoms with van der Waals surface area (Å²) in [5.41, 5.74) is 3.33. The first kappa shape index (κ1) is 23.1. The number of thioether (sulfide) groups is 1. The highest BCUT2D eigenvalue weighted by atomic mass is 127. The Bertz CT molecular complexity index is 1130. The van der Waals surface area contributed by atoms with Gasteiger partial charge in [0.15, 0.2) is 5.76 Å². The Morgan fingerprint density at radius 3 is 2.91 bits per heavy atom. The molecule has 1 N–H and O–H groups in total. The van der Waals surface area contributed by atoms with Crippen LogP contribution in [-0.2, 0) is 0 Å². The summed E-state index contributed by atoms with van der Waals surface area (Å²) in [4.78, 5) is 26.3. The number of hydrogen-bond donors (Lipinski definition) is 1. The van der Waals surface area contributed by atoms with E-state index in [1.54, 1.807) is 12.1 Å². The van der Waals surface area contributed by atoms with Crippen molar-refractivity contribution < 1.29 is 9.21 Å². The molecule has 2 aromatic heterocycles. The zero-order chi connectivity index (χ0) is 22.5. The van der Waals surface area contributed by atoms with Crippen molar-refractivity contribution in [1.82, 2.24) is 15.3 Å². The summed E-state index contributed by atoms with van der Waals surface area (Å²) in [5.74, 6) is 1.20. The van der Waals surface area contributed by atoms with E-state index in [-0.39, 0.29) is 5.91 Å². The fourth-order valence-electron chi connectivity index (χ4n) is 3.11. The Morgan fingerprint density at radius 2 is 2.16 bits per heavy atom. The van der Waals surface area contributed by atoms with E-state index in [2.05, 4.69) is 40.9 Å². The number of amides is 1. The van der Waals surface area contributed by atoms with Gasteiger partial charge in [0.25, 0.3) is 5.91 Å². The average Bonchev–Trinajstić information content (AvgIpc) is 3.44. The molecular formula is C23H21ClIN4O2S-. The molecule has 4 rings (SSSR count). The highest BCUT2D eigenvalue weighted by molar-refractivity contribution is 14.1. The molecule has 0 bridgehead atoms. The molecule has 0 spiro atoms.